The Balaban J connectivity index is 0.00000169. The summed E-state index contributed by atoms with van der Waals surface area (Å²) in [5.74, 6) is 1.07. The van der Waals surface area contributed by atoms with Gasteiger partial charge in [-0.1, -0.05) is 6.92 Å². The second kappa shape index (κ2) is 7.07. The van der Waals surface area contributed by atoms with E-state index < -0.39 is 0 Å². The molecule has 1 rings (SSSR count). The monoisotopic (exact) mass is 221 g/mol. The Morgan fingerprint density at radius 2 is 2.29 bits per heavy atom. The molecule has 0 unspecified atom stereocenters. The average molecular weight is 222 g/mol. The van der Waals surface area contributed by atoms with Crippen molar-refractivity contribution in [1.29, 1.82) is 0 Å². The number of carbonyl (C=O) groups excluding carboxylic acids is 1. The molecule has 0 amide bonds. The summed E-state index contributed by atoms with van der Waals surface area (Å²) in [4.78, 5) is 11.2. The average Bonchev–Trinajstić information content (AvgIpc) is 2.09. The van der Waals surface area contributed by atoms with Crippen molar-refractivity contribution in [2.75, 3.05) is 19.7 Å². The zero-order valence-electron chi connectivity index (χ0n) is 8.91. The molecule has 1 heterocycles. The first-order valence-electron chi connectivity index (χ1n) is 5.10. The molecule has 1 saturated heterocycles. The Kier molecular flexibility index (Phi) is 6.93. The lowest BCUT2D eigenvalue weighted by atomic mass is 9.85. The summed E-state index contributed by atoms with van der Waals surface area (Å²) in [7, 11) is 0. The van der Waals surface area contributed by atoms with Crippen molar-refractivity contribution < 1.29 is 9.53 Å². The van der Waals surface area contributed by atoms with Gasteiger partial charge >= 0.3 is 5.97 Å². The molecule has 1 aliphatic heterocycles. The predicted octanol–water partition coefficient (Wildman–Crippen LogP) is 1.61. The van der Waals surface area contributed by atoms with E-state index in [0.717, 1.165) is 19.5 Å². The largest absolute Gasteiger partial charge is 0.466 e. The highest BCUT2D eigenvalue weighted by Gasteiger charge is 2.23. The highest BCUT2D eigenvalue weighted by molar-refractivity contribution is 5.85. The van der Waals surface area contributed by atoms with Gasteiger partial charge in [0, 0.05) is 6.42 Å². The molecule has 84 valence electrons. The Morgan fingerprint density at radius 3 is 2.86 bits per heavy atom. The lowest BCUT2D eigenvalue weighted by Crippen LogP contribution is -2.36. The van der Waals surface area contributed by atoms with Crippen molar-refractivity contribution in [3.63, 3.8) is 0 Å². The molecule has 0 radical (unpaired) electrons. The zero-order chi connectivity index (χ0) is 9.68. The van der Waals surface area contributed by atoms with Crippen LogP contribution >= 0.6 is 12.4 Å². The minimum absolute atomic E-state index is 0. The minimum atomic E-state index is -0.0405. The van der Waals surface area contributed by atoms with E-state index >= 15 is 0 Å². The molecular formula is C10H20ClNO2. The van der Waals surface area contributed by atoms with Crippen LogP contribution in [-0.4, -0.2) is 25.7 Å². The molecule has 0 aromatic carbocycles. The van der Waals surface area contributed by atoms with Crippen LogP contribution in [0.5, 0.6) is 0 Å². The summed E-state index contributed by atoms with van der Waals surface area (Å²) >= 11 is 0. The molecule has 1 fully saturated rings. The summed E-state index contributed by atoms with van der Waals surface area (Å²) < 4.78 is 4.93. The van der Waals surface area contributed by atoms with Gasteiger partial charge in [0.25, 0.3) is 0 Å². The number of hydrogen-bond donors (Lipinski definition) is 1. The smallest absolute Gasteiger partial charge is 0.306 e. The maximum Gasteiger partial charge on any atom is 0.306 e. The van der Waals surface area contributed by atoms with Gasteiger partial charge in [-0.15, -0.1) is 12.4 Å². The van der Waals surface area contributed by atoms with Gasteiger partial charge in [0.2, 0.25) is 0 Å². The number of hydrogen-bond acceptors (Lipinski definition) is 3. The Labute approximate surface area is 92.0 Å². The SMILES string of the molecule is CCOC(=O)C[C@@H]1CCNC[C@H]1C.Cl. The summed E-state index contributed by atoms with van der Waals surface area (Å²) in [5, 5.41) is 3.32. The van der Waals surface area contributed by atoms with Crippen molar-refractivity contribution >= 4 is 18.4 Å². The fourth-order valence-corrected chi connectivity index (χ4v) is 1.81. The lowest BCUT2D eigenvalue weighted by Gasteiger charge is -2.28. The Bertz CT molecular complexity index is 176. The second-order valence-electron chi connectivity index (χ2n) is 3.74. The van der Waals surface area contributed by atoms with Gasteiger partial charge in [-0.2, -0.15) is 0 Å². The van der Waals surface area contributed by atoms with Crippen LogP contribution < -0.4 is 5.32 Å². The van der Waals surface area contributed by atoms with Gasteiger partial charge in [-0.05, 0) is 38.3 Å². The van der Waals surface area contributed by atoms with Gasteiger partial charge in [0.05, 0.1) is 6.61 Å². The van der Waals surface area contributed by atoms with E-state index in [1.165, 1.54) is 0 Å². The van der Waals surface area contributed by atoms with E-state index in [9.17, 15) is 4.79 Å². The van der Waals surface area contributed by atoms with Crippen LogP contribution in [0, 0.1) is 11.8 Å². The molecule has 1 N–H and O–H groups in total. The normalized spacial score (nSPS) is 26.4. The van der Waals surface area contributed by atoms with Gasteiger partial charge < -0.3 is 10.1 Å². The second-order valence-corrected chi connectivity index (χ2v) is 3.74. The van der Waals surface area contributed by atoms with Gasteiger partial charge in [-0.3, -0.25) is 4.79 Å². The van der Waals surface area contributed by atoms with Crippen LogP contribution in [0.4, 0.5) is 0 Å². The quantitative estimate of drug-likeness (QED) is 0.736. The van der Waals surface area contributed by atoms with Crippen LogP contribution in [-0.2, 0) is 9.53 Å². The standard InChI is InChI=1S/C10H19NO2.ClH/c1-3-13-10(12)6-9-4-5-11-7-8(9)2;/h8-9,11H,3-7H2,1-2H3;1H/t8-,9+;/m1./s1. The van der Waals surface area contributed by atoms with Crippen molar-refractivity contribution in [3.05, 3.63) is 0 Å². The van der Waals surface area contributed by atoms with Crippen molar-refractivity contribution in [3.8, 4) is 0 Å². The summed E-state index contributed by atoms with van der Waals surface area (Å²) in [5.41, 5.74) is 0. The number of nitrogens with one attached hydrogen (secondary N) is 1. The van der Waals surface area contributed by atoms with Crippen molar-refractivity contribution in [1.82, 2.24) is 5.32 Å². The zero-order valence-corrected chi connectivity index (χ0v) is 9.73. The van der Waals surface area contributed by atoms with E-state index in [1.807, 2.05) is 6.92 Å². The molecule has 0 aromatic heterocycles. The maximum absolute atomic E-state index is 11.2. The Hall–Kier alpha value is -0.280. The molecule has 0 aliphatic carbocycles. The lowest BCUT2D eigenvalue weighted by molar-refractivity contribution is -0.144. The van der Waals surface area contributed by atoms with Gasteiger partial charge in [-0.25, -0.2) is 0 Å². The highest BCUT2D eigenvalue weighted by atomic mass is 35.5. The molecule has 4 heteroatoms. The molecule has 3 nitrogen and oxygen atoms in total. The first-order valence-corrected chi connectivity index (χ1v) is 5.10. The summed E-state index contributed by atoms with van der Waals surface area (Å²) in [6, 6.07) is 0. The molecule has 0 spiro atoms. The van der Waals surface area contributed by atoms with Crippen LogP contribution in [0.1, 0.15) is 26.7 Å². The fraction of sp³-hybridized carbons (Fsp3) is 0.900. The third-order valence-electron chi connectivity index (χ3n) is 2.70. The predicted molar refractivity (Wildman–Crippen MR) is 58.6 cm³/mol. The molecule has 2 atom stereocenters. The third-order valence-corrected chi connectivity index (χ3v) is 2.70. The summed E-state index contributed by atoms with van der Waals surface area (Å²) in [6.07, 6.45) is 1.69. The third kappa shape index (κ3) is 4.29. The molecule has 0 aromatic rings. The van der Waals surface area contributed by atoms with E-state index in [1.54, 1.807) is 0 Å². The first-order chi connectivity index (χ1) is 6.24. The van der Waals surface area contributed by atoms with E-state index in [0.29, 0.717) is 24.9 Å². The van der Waals surface area contributed by atoms with E-state index in [-0.39, 0.29) is 18.4 Å². The first kappa shape index (κ1) is 13.7. The van der Waals surface area contributed by atoms with E-state index in [4.69, 9.17) is 4.74 Å². The van der Waals surface area contributed by atoms with Crippen molar-refractivity contribution in [2.24, 2.45) is 11.8 Å². The molecule has 14 heavy (non-hydrogen) atoms. The van der Waals surface area contributed by atoms with Crippen molar-refractivity contribution in [2.45, 2.75) is 26.7 Å². The van der Waals surface area contributed by atoms with Crippen LogP contribution in [0.3, 0.4) is 0 Å². The number of piperidine rings is 1. The molecule has 0 saturated carbocycles. The van der Waals surface area contributed by atoms with Gasteiger partial charge in [0.15, 0.2) is 0 Å². The fourth-order valence-electron chi connectivity index (χ4n) is 1.81. The Morgan fingerprint density at radius 1 is 1.57 bits per heavy atom. The van der Waals surface area contributed by atoms with Crippen LogP contribution in [0.2, 0.25) is 0 Å². The highest BCUT2D eigenvalue weighted by Crippen LogP contribution is 2.22. The summed E-state index contributed by atoms with van der Waals surface area (Å²) in [6.45, 7) is 6.61. The van der Waals surface area contributed by atoms with Crippen LogP contribution in [0.15, 0.2) is 0 Å². The van der Waals surface area contributed by atoms with Gasteiger partial charge in [0.1, 0.15) is 0 Å². The number of carbonyl (C=O) groups is 1. The maximum atomic E-state index is 11.2. The number of ether oxygens (including phenoxy) is 1. The van der Waals surface area contributed by atoms with Crippen LogP contribution in [0.25, 0.3) is 0 Å². The molecule has 1 aliphatic rings. The number of halogens is 1. The topological polar surface area (TPSA) is 38.3 Å². The molecule has 0 bridgehead atoms. The molecular weight excluding hydrogens is 202 g/mol. The number of esters is 1. The van der Waals surface area contributed by atoms with E-state index in [2.05, 4.69) is 12.2 Å². The number of rotatable bonds is 3. The minimum Gasteiger partial charge on any atom is -0.466 e.